The van der Waals surface area contributed by atoms with E-state index in [-0.39, 0.29) is 0 Å². The molecule has 0 unspecified atom stereocenters. The second kappa shape index (κ2) is 6.28. The summed E-state index contributed by atoms with van der Waals surface area (Å²) in [6.07, 6.45) is 14.5. The zero-order valence-electron chi connectivity index (χ0n) is 14.7. The summed E-state index contributed by atoms with van der Waals surface area (Å²) in [6, 6.07) is 0. The molecular weight excluding hydrogens is 256 g/mol. The van der Waals surface area contributed by atoms with Gasteiger partial charge in [0.2, 0.25) is 0 Å². The number of allylic oxidation sites excluding steroid dienone is 4. The highest BCUT2D eigenvalue weighted by atomic mass is 16.3. The molecule has 0 spiro atoms. The Morgan fingerprint density at radius 3 is 2.67 bits per heavy atom. The normalized spacial score (nSPS) is 42.6. The van der Waals surface area contributed by atoms with Gasteiger partial charge in [-0.1, -0.05) is 37.6 Å². The van der Waals surface area contributed by atoms with Crippen LogP contribution in [0.25, 0.3) is 0 Å². The van der Waals surface area contributed by atoms with Crippen molar-refractivity contribution in [2.75, 3.05) is 0 Å². The molecule has 1 N–H and O–H groups in total. The van der Waals surface area contributed by atoms with Gasteiger partial charge in [0.25, 0.3) is 0 Å². The van der Waals surface area contributed by atoms with Crippen LogP contribution in [0.2, 0.25) is 0 Å². The van der Waals surface area contributed by atoms with Gasteiger partial charge in [-0.15, -0.1) is 0 Å². The summed E-state index contributed by atoms with van der Waals surface area (Å²) in [6.45, 7) is 11.1. The Kier molecular flexibility index (Phi) is 5.03. The Balaban J connectivity index is 2.29. The molecule has 1 heteroatoms. The molecule has 21 heavy (non-hydrogen) atoms. The van der Waals surface area contributed by atoms with Crippen molar-refractivity contribution in [3.63, 3.8) is 0 Å². The Hall–Kier alpha value is -0.560. The van der Waals surface area contributed by atoms with Crippen LogP contribution in [0, 0.1) is 23.2 Å². The molecule has 2 aliphatic carbocycles. The maximum atomic E-state index is 10.6. The average Bonchev–Trinajstić information content (AvgIpc) is 2.65. The van der Waals surface area contributed by atoms with Crippen molar-refractivity contribution in [1.82, 2.24) is 0 Å². The van der Waals surface area contributed by atoms with Crippen LogP contribution in [-0.2, 0) is 0 Å². The van der Waals surface area contributed by atoms with Gasteiger partial charge in [-0.2, -0.15) is 0 Å². The van der Waals surface area contributed by atoms with E-state index < -0.39 is 5.60 Å². The van der Waals surface area contributed by atoms with Crippen molar-refractivity contribution in [1.29, 1.82) is 0 Å². The third-order valence-corrected chi connectivity index (χ3v) is 6.02. The van der Waals surface area contributed by atoms with E-state index in [2.05, 4.69) is 39.0 Å². The van der Waals surface area contributed by atoms with E-state index in [4.69, 9.17) is 0 Å². The van der Waals surface area contributed by atoms with E-state index in [1.807, 2.05) is 13.8 Å². The van der Waals surface area contributed by atoms with Crippen molar-refractivity contribution < 1.29 is 5.11 Å². The molecule has 0 radical (unpaired) electrons. The third-order valence-electron chi connectivity index (χ3n) is 6.02. The first-order valence-corrected chi connectivity index (χ1v) is 8.77. The minimum atomic E-state index is -0.556. The number of hydrogen-bond acceptors (Lipinski definition) is 1. The Morgan fingerprint density at radius 2 is 2.00 bits per heavy atom. The number of fused-ring (bicyclic) bond motifs is 1. The Morgan fingerprint density at radius 1 is 1.29 bits per heavy atom. The molecule has 1 saturated carbocycles. The minimum absolute atomic E-state index is 0.348. The maximum Gasteiger partial charge on any atom is 0.0622 e. The number of aliphatic hydroxyl groups is 1. The van der Waals surface area contributed by atoms with Crippen molar-refractivity contribution in [3.8, 4) is 0 Å². The standard InChI is InChI=1S/C20H34O/c1-15-8-6-9-16(2)14-18-17(19(3,4)21)11-13-20(18,5)12-7-10-15/h7,9-10,15,17-18,21H,6,8,11-14H2,1-5H3/b10-7+,16-9+/t15-,17+,18-,20-/m0/s1. The van der Waals surface area contributed by atoms with Gasteiger partial charge >= 0.3 is 0 Å². The maximum absolute atomic E-state index is 10.6. The predicted molar refractivity (Wildman–Crippen MR) is 91.1 cm³/mol. The van der Waals surface area contributed by atoms with Crippen LogP contribution in [0.3, 0.4) is 0 Å². The molecule has 1 fully saturated rings. The predicted octanol–water partition coefficient (Wildman–Crippen LogP) is 5.50. The third kappa shape index (κ3) is 4.00. The van der Waals surface area contributed by atoms with E-state index in [1.54, 1.807) is 0 Å². The first-order valence-electron chi connectivity index (χ1n) is 8.77. The van der Waals surface area contributed by atoms with Gasteiger partial charge in [-0.3, -0.25) is 0 Å². The zero-order chi connectivity index (χ0) is 15.7. The molecule has 0 heterocycles. The highest BCUT2D eigenvalue weighted by molar-refractivity contribution is 5.10. The van der Waals surface area contributed by atoms with Gasteiger partial charge in [-0.05, 0) is 82.5 Å². The highest BCUT2D eigenvalue weighted by Gasteiger charge is 2.48. The van der Waals surface area contributed by atoms with E-state index >= 15 is 0 Å². The van der Waals surface area contributed by atoms with Gasteiger partial charge in [-0.25, -0.2) is 0 Å². The van der Waals surface area contributed by atoms with Crippen LogP contribution in [0.15, 0.2) is 23.8 Å². The summed E-state index contributed by atoms with van der Waals surface area (Å²) in [5.74, 6) is 1.71. The first kappa shape index (κ1) is 16.8. The summed E-state index contributed by atoms with van der Waals surface area (Å²) >= 11 is 0. The second-order valence-electron chi connectivity index (χ2n) is 8.50. The fourth-order valence-electron chi connectivity index (χ4n) is 4.53. The van der Waals surface area contributed by atoms with Gasteiger partial charge in [0.15, 0.2) is 0 Å². The largest absolute Gasteiger partial charge is 0.390 e. The molecule has 4 atom stereocenters. The van der Waals surface area contributed by atoms with E-state index in [9.17, 15) is 5.11 Å². The molecule has 120 valence electrons. The van der Waals surface area contributed by atoms with Crippen LogP contribution in [0.4, 0.5) is 0 Å². The van der Waals surface area contributed by atoms with Gasteiger partial charge in [0.1, 0.15) is 0 Å². The summed E-state index contributed by atoms with van der Waals surface area (Å²) < 4.78 is 0. The second-order valence-corrected chi connectivity index (χ2v) is 8.50. The molecule has 0 aromatic heterocycles. The lowest BCUT2D eigenvalue weighted by atomic mass is 9.68. The molecule has 0 amide bonds. The highest BCUT2D eigenvalue weighted by Crippen LogP contribution is 2.55. The average molecular weight is 290 g/mol. The fourth-order valence-corrected chi connectivity index (χ4v) is 4.53. The first-order chi connectivity index (χ1) is 9.72. The Labute approximate surface area is 131 Å². The number of hydrogen-bond donors (Lipinski definition) is 1. The summed E-state index contributed by atoms with van der Waals surface area (Å²) in [4.78, 5) is 0. The molecule has 0 aromatic rings. The van der Waals surface area contributed by atoms with Crippen molar-refractivity contribution in [2.45, 2.75) is 78.7 Å². The van der Waals surface area contributed by atoms with Crippen molar-refractivity contribution >= 4 is 0 Å². The van der Waals surface area contributed by atoms with Crippen LogP contribution in [0.5, 0.6) is 0 Å². The minimum Gasteiger partial charge on any atom is -0.390 e. The molecule has 0 aromatic carbocycles. The lowest BCUT2D eigenvalue weighted by Gasteiger charge is -2.38. The van der Waals surface area contributed by atoms with Gasteiger partial charge in [0.05, 0.1) is 5.60 Å². The topological polar surface area (TPSA) is 20.2 Å². The van der Waals surface area contributed by atoms with Crippen LogP contribution < -0.4 is 0 Å². The monoisotopic (exact) mass is 290 g/mol. The van der Waals surface area contributed by atoms with E-state index in [0.717, 1.165) is 6.42 Å². The van der Waals surface area contributed by atoms with Crippen LogP contribution in [-0.4, -0.2) is 10.7 Å². The fraction of sp³-hybridized carbons (Fsp3) is 0.800. The quantitative estimate of drug-likeness (QED) is 0.632. The summed E-state index contributed by atoms with van der Waals surface area (Å²) in [5.41, 5.74) is 1.32. The van der Waals surface area contributed by atoms with Gasteiger partial charge < -0.3 is 5.11 Å². The van der Waals surface area contributed by atoms with Crippen LogP contribution >= 0.6 is 0 Å². The smallest absolute Gasteiger partial charge is 0.0622 e. The zero-order valence-corrected chi connectivity index (χ0v) is 14.7. The Bertz CT molecular complexity index is 412. The van der Waals surface area contributed by atoms with E-state index in [0.29, 0.717) is 23.2 Å². The molecule has 0 aliphatic heterocycles. The summed E-state index contributed by atoms with van der Waals surface area (Å²) in [7, 11) is 0. The molecule has 2 aliphatic rings. The molecule has 0 bridgehead atoms. The lowest BCUT2D eigenvalue weighted by molar-refractivity contribution is -0.0139. The summed E-state index contributed by atoms with van der Waals surface area (Å²) in [5, 5.41) is 10.6. The van der Waals surface area contributed by atoms with Crippen LogP contribution in [0.1, 0.15) is 73.1 Å². The molecule has 0 saturated heterocycles. The lowest BCUT2D eigenvalue weighted by Crippen LogP contribution is -2.37. The van der Waals surface area contributed by atoms with Crippen molar-refractivity contribution in [2.24, 2.45) is 23.2 Å². The molecule has 1 nitrogen and oxygen atoms in total. The molecule has 2 rings (SSSR count). The SMILES string of the molecule is C/C1=C\CC[C@H](C)/C=C/C[C@@]2(C)CC[C@@H](C(C)(C)O)[C@@H]2C1. The van der Waals surface area contributed by atoms with E-state index in [1.165, 1.54) is 37.7 Å². The number of rotatable bonds is 1. The molecular formula is C20H34O. The van der Waals surface area contributed by atoms with Gasteiger partial charge in [0, 0.05) is 0 Å². The van der Waals surface area contributed by atoms with Crippen molar-refractivity contribution in [3.05, 3.63) is 23.8 Å².